The molecule has 0 atom stereocenters. The lowest BCUT2D eigenvalue weighted by atomic mass is 10.1. The van der Waals surface area contributed by atoms with Crippen LogP contribution < -0.4 is 15.2 Å². The van der Waals surface area contributed by atoms with Crippen LogP contribution in [0.15, 0.2) is 101 Å². The molecule has 4 aromatic rings. The van der Waals surface area contributed by atoms with Gasteiger partial charge < -0.3 is 20.3 Å². The summed E-state index contributed by atoms with van der Waals surface area (Å²) in [6, 6.07) is 25.7. The Hall–Kier alpha value is -4.72. The van der Waals surface area contributed by atoms with Gasteiger partial charge in [-0.05, 0) is 60.2 Å². The van der Waals surface area contributed by atoms with Gasteiger partial charge in [-0.2, -0.15) is 0 Å². The number of hydrogen-bond donors (Lipinski definition) is 2. The number of nitrogen functional groups attached to an aromatic ring is 1. The van der Waals surface area contributed by atoms with Crippen molar-refractivity contribution in [2.24, 2.45) is 10.2 Å². The molecule has 4 rings (SSSR count). The zero-order valence-electron chi connectivity index (χ0n) is 19.6. The first kappa shape index (κ1) is 24.4. The molecule has 0 aliphatic carbocycles. The van der Waals surface area contributed by atoms with Crippen molar-refractivity contribution in [2.75, 3.05) is 18.9 Å². The number of benzene rings is 3. The van der Waals surface area contributed by atoms with Crippen molar-refractivity contribution in [2.45, 2.75) is 12.8 Å². The maximum Gasteiger partial charge on any atom is 0.307 e. The number of aliphatic carboxylic acids is 1. The van der Waals surface area contributed by atoms with Crippen molar-refractivity contribution in [3.05, 3.63) is 96.7 Å². The fourth-order valence-electron chi connectivity index (χ4n) is 3.41. The molecule has 182 valence electrons. The number of hydrogen-bond acceptors (Lipinski definition) is 7. The topological polar surface area (TPSA) is 119 Å². The summed E-state index contributed by atoms with van der Waals surface area (Å²) in [4.78, 5) is 15.2. The Morgan fingerprint density at radius 3 is 2.36 bits per heavy atom. The molecule has 3 N–H and O–H groups in total. The standard InChI is InChI=1S/C28H26N4O4/c29-23-6-1-2-8-25(23)31-32-26-19-21(24-7-3-4-15-30-24)11-14-27(26)36-17-5-16-35-22-12-9-20(10-13-22)18-28(33)34/h1-4,6-15,19H,5,16-18,29H2,(H,33,34). The normalized spacial score (nSPS) is 10.9. The van der Waals surface area contributed by atoms with Crippen LogP contribution in [0.3, 0.4) is 0 Å². The third-order valence-corrected chi connectivity index (χ3v) is 5.22. The number of aromatic nitrogens is 1. The van der Waals surface area contributed by atoms with E-state index in [1.54, 1.807) is 42.6 Å². The van der Waals surface area contributed by atoms with Crippen LogP contribution in [0.1, 0.15) is 12.0 Å². The van der Waals surface area contributed by atoms with Gasteiger partial charge in [0.1, 0.15) is 22.9 Å². The highest BCUT2D eigenvalue weighted by atomic mass is 16.5. The summed E-state index contributed by atoms with van der Waals surface area (Å²) in [7, 11) is 0. The highest BCUT2D eigenvalue weighted by molar-refractivity contribution is 5.70. The highest BCUT2D eigenvalue weighted by Crippen LogP contribution is 2.34. The Labute approximate surface area is 209 Å². The molecule has 3 aromatic carbocycles. The van der Waals surface area contributed by atoms with Gasteiger partial charge in [0.05, 0.1) is 31.0 Å². The fraction of sp³-hybridized carbons (Fsp3) is 0.143. The SMILES string of the molecule is Nc1ccccc1N=Nc1cc(-c2ccccn2)ccc1OCCCOc1ccc(CC(=O)O)cc1. The van der Waals surface area contributed by atoms with E-state index in [1.807, 2.05) is 48.5 Å². The number of carboxylic acid groups (broad SMARTS) is 1. The average molecular weight is 483 g/mol. The number of carbonyl (C=O) groups is 1. The van der Waals surface area contributed by atoms with Crippen molar-refractivity contribution >= 4 is 23.0 Å². The van der Waals surface area contributed by atoms with Gasteiger partial charge in [0.2, 0.25) is 0 Å². The Kier molecular flexibility index (Phi) is 8.22. The first-order chi connectivity index (χ1) is 17.6. The van der Waals surface area contributed by atoms with Gasteiger partial charge in [-0.1, -0.05) is 30.3 Å². The molecule has 8 nitrogen and oxygen atoms in total. The Balaban J connectivity index is 1.40. The van der Waals surface area contributed by atoms with E-state index in [4.69, 9.17) is 20.3 Å². The first-order valence-corrected chi connectivity index (χ1v) is 11.5. The second kappa shape index (κ2) is 12.1. The van der Waals surface area contributed by atoms with Crippen molar-refractivity contribution < 1.29 is 19.4 Å². The van der Waals surface area contributed by atoms with Crippen molar-refractivity contribution in [1.82, 2.24) is 4.98 Å². The predicted molar refractivity (Wildman–Crippen MR) is 138 cm³/mol. The number of pyridine rings is 1. The largest absolute Gasteiger partial charge is 0.493 e. The van der Waals surface area contributed by atoms with E-state index < -0.39 is 5.97 Å². The van der Waals surface area contributed by atoms with Crippen molar-refractivity contribution in [3.8, 4) is 22.8 Å². The van der Waals surface area contributed by atoms with E-state index in [9.17, 15) is 4.79 Å². The van der Waals surface area contributed by atoms with Crippen molar-refractivity contribution in [3.63, 3.8) is 0 Å². The van der Waals surface area contributed by atoms with Gasteiger partial charge in [0.25, 0.3) is 0 Å². The van der Waals surface area contributed by atoms with E-state index in [0.717, 1.165) is 16.8 Å². The van der Waals surface area contributed by atoms with Gasteiger partial charge >= 0.3 is 5.97 Å². The van der Waals surface area contributed by atoms with Gasteiger partial charge in [-0.3, -0.25) is 9.78 Å². The van der Waals surface area contributed by atoms with Crippen LogP contribution in [0, 0.1) is 0 Å². The molecule has 1 aromatic heterocycles. The van der Waals surface area contributed by atoms with E-state index in [0.29, 0.717) is 48.2 Å². The zero-order chi connectivity index (χ0) is 25.2. The van der Waals surface area contributed by atoms with Crippen LogP contribution in [0.25, 0.3) is 11.3 Å². The molecule has 8 heteroatoms. The van der Waals surface area contributed by atoms with Crippen LogP contribution in [-0.4, -0.2) is 29.3 Å². The summed E-state index contributed by atoms with van der Waals surface area (Å²) in [6.45, 7) is 0.859. The number of ether oxygens (including phenoxy) is 2. The first-order valence-electron chi connectivity index (χ1n) is 11.5. The summed E-state index contributed by atoms with van der Waals surface area (Å²) in [5.41, 5.74) is 10.1. The molecule has 0 saturated heterocycles. The quantitative estimate of drug-likeness (QED) is 0.149. The van der Waals surface area contributed by atoms with Crippen LogP contribution in [0.2, 0.25) is 0 Å². The second-order valence-electron chi connectivity index (χ2n) is 7.92. The summed E-state index contributed by atoms with van der Waals surface area (Å²) in [5.74, 6) is 0.407. The molecule has 0 saturated carbocycles. The summed E-state index contributed by atoms with van der Waals surface area (Å²) in [6.07, 6.45) is 2.37. The molecule has 0 aliphatic heterocycles. The molecule has 1 heterocycles. The summed E-state index contributed by atoms with van der Waals surface area (Å²) in [5, 5.41) is 17.6. The minimum atomic E-state index is -0.861. The predicted octanol–water partition coefficient (Wildman–Crippen LogP) is 6.22. The minimum absolute atomic E-state index is 0.0101. The Morgan fingerprint density at radius 1 is 0.861 bits per heavy atom. The molecule has 0 bridgehead atoms. The number of azo groups is 1. The highest BCUT2D eigenvalue weighted by Gasteiger charge is 2.08. The average Bonchev–Trinajstić information content (AvgIpc) is 2.89. The molecule has 0 aliphatic rings. The van der Waals surface area contributed by atoms with Gasteiger partial charge in [0.15, 0.2) is 0 Å². The molecule has 0 radical (unpaired) electrons. The van der Waals surface area contributed by atoms with Gasteiger partial charge in [-0.25, -0.2) is 0 Å². The van der Waals surface area contributed by atoms with E-state index in [1.165, 1.54) is 0 Å². The van der Waals surface area contributed by atoms with E-state index in [2.05, 4.69) is 15.2 Å². The number of rotatable bonds is 11. The maximum atomic E-state index is 10.8. The third kappa shape index (κ3) is 6.89. The summed E-state index contributed by atoms with van der Waals surface area (Å²) < 4.78 is 11.7. The molecular weight excluding hydrogens is 456 g/mol. The monoisotopic (exact) mass is 482 g/mol. The zero-order valence-corrected chi connectivity index (χ0v) is 19.6. The molecule has 36 heavy (non-hydrogen) atoms. The lowest BCUT2D eigenvalue weighted by molar-refractivity contribution is -0.136. The maximum absolute atomic E-state index is 10.8. The second-order valence-corrected chi connectivity index (χ2v) is 7.92. The van der Waals surface area contributed by atoms with E-state index >= 15 is 0 Å². The number of anilines is 1. The Morgan fingerprint density at radius 2 is 1.61 bits per heavy atom. The number of nitrogens with two attached hydrogens (primary N) is 1. The van der Waals surface area contributed by atoms with Crippen LogP contribution in [-0.2, 0) is 11.2 Å². The third-order valence-electron chi connectivity index (χ3n) is 5.22. The number of nitrogens with zero attached hydrogens (tertiary/aromatic N) is 3. The van der Waals surface area contributed by atoms with Crippen LogP contribution in [0.4, 0.5) is 17.1 Å². The van der Waals surface area contributed by atoms with Crippen molar-refractivity contribution in [1.29, 1.82) is 0 Å². The van der Waals surface area contributed by atoms with Gasteiger partial charge in [0, 0.05) is 18.2 Å². The Bertz CT molecular complexity index is 1330. The smallest absolute Gasteiger partial charge is 0.307 e. The number of carboxylic acids is 1. The molecule has 0 unspecified atom stereocenters. The van der Waals surface area contributed by atoms with Gasteiger partial charge in [-0.15, -0.1) is 10.2 Å². The minimum Gasteiger partial charge on any atom is -0.493 e. The fourth-order valence-corrected chi connectivity index (χ4v) is 3.41. The molecular formula is C28H26N4O4. The van der Waals surface area contributed by atoms with Crippen LogP contribution >= 0.6 is 0 Å². The number of para-hydroxylation sites is 1. The lowest BCUT2D eigenvalue weighted by Gasteiger charge is -2.11. The summed E-state index contributed by atoms with van der Waals surface area (Å²) >= 11 is 0. The molecule has 0 fully saturated rings. The molecule has 0 spiro atoms. The van der Waals surface area contributed by atoms with Crippen LogP contribution in [0.5, 0.6) is 11.5 Å². The lowest BCUT2D eigenvalue weighted by Crippen LogP contribution is -2.05. The molecule has 0 amide bonds. The van der Waals surface area contributed by atoms with E-state index in [-0.39, 0.29) is 6.42 Å².